The lowest BCUT2D eigenvalue weighted by atomic mass is 9.99. The highest BCUT2D eigenvalue weighted by molar-refractivity contribution is 7.10. The fourth-order valence-corrected chi connectivity index (χ4v) is 3.64. The lowest BCUT2D eigenvalue weighted by Gasteiger charge is -2.24. The van der Waals surface area contributed by atoms with Gasteiger partial charge in [-0.25, -0.2) is 0 Å². The van der Waals surface area contributed by atoms with Crippen LogP contribution in [0.5, 0.6) is 0 Å². The fraction of sp³-hybridized carbons (Fsp3) is 0.615. The average molecular weight is 253 g/mol. The summed E-state index contributed by atoms with van der Waals surface area (Å²) in [4.78, 5) is 14.8. The molecule has 0 amide bonds. The first-order chi connectivity index (χ1) is 8.00. The molecular formula is C13H19NO2S. The molecule has 3 atom stereocenters. The Balaban J connectivity index is 2.10. The molecule has 0 bridgehead atoms. The van der Waals surface area contributed by atoms with Crippen LogP contribution in [0.25, 0.3) is 0 Å². The normalized spacial score (nSPS) is 27.2. The minimum absolute atomic E-state index is 0.210. The van der Waals surface area contributed by atoms with Crippen LogP contribution in [-0.2, 0) is 4.79 Å². The zero-order chi connectivity index (χ0) is 12.6. The fourth-order valence-electron chi connectivity index (χ4n) is 2.62. The number of hydrogen-bond donors (Lipinski definition) is 1. The van der Waals surface area contributed by atoms with Gasteiger partial charge in [-0.15, -0.1) is 11.3 Å². The quantitative estimate of drug-likeness (QED) is 0.900. The van der Waals surface area contributed by atoms with Gasteiger partial charge in [-0.3, -0.25) is 9.69 Å². The van der Waals surface area contributed by atoms with Gasteiger partial charge >= 0.3 is 5.97 Å². The molecule has 1 aliphatic heterocycles. The zero-order valence-electron chi connectivity index (χ0n) is 10.5. The number of nitrogens with zero attached hydrogens (tertiary/aromatic N) is 1. The number of aliphatic carboxylic acids is 1. The SMILES string of the molecule is Cc1ccsc1C(C)N1C[C@@H](C)[C@H](C(=O)O)C1. The molecule has 0 saturated carbocycles. The molecule has 0 aliphatic carbocycles. The minimum atomic E-state index is -0.657. The summed E-state index contributed by atoms with van der Waals surface area (Å²) in [5.74, 6) is -0.622. The van der Waals surface area contributed by atoms with Crippen LogP contribution in [0.15, 0.2) is 11.4 Å². The van der Waals surface area contributed by atoms with E-state index in [4.69, 9.17) is 5.11 Å². The Hall–Kier alpha value is -0.870. The smallest absolute Gasteiger partial charge is 0.308 e. The first kappa shape index (κ1) is 12.6. The molecule has 4 heteroatoms. The van der Waals surface area contributed by atoms with Crippen molar-refractivity contribution < 1.29 is 9.90 Å². The Morgan fingerprint density at radius 1 is 1.59 bits per heavy atom. The van der Waals surface area contributed by atoms with Gasteiger partial charge in [-0.2, -0.15) is 0 Å². The monoisotopic (exact) mass is 253 g/mol. The predicted molar refractivity (Wildman–Crippen MR) is 69.3 cm³/mol. The van der Waals surface area contributed by atoms with Gasteiger partial charge in [0.25, 0.3) is 0 Å². The van der Waals surface area contributed by atoms with E-state index in [1.807, 2.05) is 6.92 Å². The Bertz CT molecular complexity index is 415. The van der Waals surface area contributed by atoms with Gasteiger partial charge in [0.2, 0.25) is 0 Å². The van der Waals surface area contributed by atoms with Crippen molar-refractivity contribution in [1.82, 2.24) is 4.90 Å². The van der Waals surface area contributed by atoms with Crippen molar-refractivity contribution in [1.29, 1.82) is 0 Å². The molecule has 0 radical (unpaired) electrons. The molecule has 1 saturated heterocycles. The number of aryl methyl sites for hydroxylation is 1. The molecule has 2 rings (SSSR count). The Morgan fingerprint density at radius 3 is 2.76 bits per heavy atom. The highest BCUT2D eigenvalue weighted by atomic mass is 32.1. The maximum absolute atomic E-state index is 11.1. The minimum Gasteiger partial charge on any atom is -0.481 e. The van der Waals surface area contributed by atoms with Gasteiger partial charge in [-0.1, -0.05) is 6.92 Å². The van der Waals surface area contributed by atoms with Gasteiger partial charge in [-0.05, 0) is 36.8 Å². The third kappa shape index (κ3) is 2.38. The molecule has 2 heterocycles. The molecule has 1 aliphatic rings. The molecule has 1 aromatic rings. The number of rotatable bonds is 3. The average Bonchev–Trinajstić information content (AvgIpc) is 2.83. The highest BCUT2D eigenvalue weighted by Gasteiger charge is 2.37. The number of carbonyl (C=O) groups is 1. The van der Waals surface area contributed by atoms with Crippen molar-refractivity contribution in [3.8, 4) is 0 Å². The van der Waals surface area contributed by atoms with E-state index in [1.54, 1.807) is 11.3 Å². The van der Waals surface area contributed by atoms with Crippen molar-refractivity contribution in [3.63, 3.8) is 0 Å². The Labute approximate surface area is 106 Å². The van der Waals surface area contributed by atoms with E-state index in [0.717, 1.165) is 6.54 Å². The van der Waals surface area contributed by atoms with Gasteiger partial charge in [0.1, 0.15) is 0 Å². The Kier molecular flexibility index (Phi) is 3.54. The second kappa shape index (κ2) is 4.78. The van der Waals surface area contributed by atoms with E-state index in [0.29, 0.717) is 12.6 Å². The summed E-state index contributed by atoms with van der Waals surface area (Å²) in [6, 6.07) is 2.46. The summed E-state index contributed by atoms with van der Waals surface area (Å²) in [5.41, 5.74) is 1.31. The molecule has 1 unspecified atom stereocenters. The number of carboxylic acids is 1. The van der Waals surface area contributed by atoms with Crippen LogP contribution in [0, 0.1) is 18.8 Å². The Morgan fingerprint density at radius 2 is 2.29 bits per heavy atom. The van der Waals surface area contributed by atoms with Crippen LogP contribution < -0.4 is 0 Å². The van der Waals surface area contributed by atoms with Crippen LogP contribution >= 0.6 is 11.3 Å². The molecule has 94 valence electrons. The molecule has 1 N–H and O–H groups in total. The van der Waals surface area contributed by atoms with Crippen LogP contribution in [0.3, 0.4) is 0 Å². The summed E-state index contributed by atoms with van der Waals surface area (Å²) >= 11 is 1.77. The topological polar surface area (TPSA) is 40.5 Å². The number of thiophene rings is 1. The largest absolute Gasteiger partial charge is 0.481 e. The summed E-state index contributed by atoms with van der Waals surface area (Å²) < 4.78 is 0. The van der Waals surface area contributed by atoms with Crippen LogP contribution in [0.1, 0.15) is 30.3 Å². The maximum atomic E-state index is 11.1. The van der Waals surface area contributed by atoms with Gasteiger partial charge in [0, 0.05) is 24.0 Å². The summed E-state index contributed by atoms with van der Waals surface area (Å²) in [7, 11) is 0. The first-order valence-electron chi connectivity index (χ1n) is 6.01. The molecule has 0 spiro atoms. The standard InChI is InChI=1S/C13H19NO2S/c1-8-4-5-17-12(8)10(3)14-6-9(2)11(7-14)13(15)16/h4-5,9-11H,6-7H2,1-3H3,(H,15,16)/t9-,10?,11-/m1/s1. The third-order valence-electron chi connectivity index (χ3n) is 3.79. The van der Waals surface area contributed by atoms with E-state index in [1.165, 1.54) is 10.4 Å². The summed E-state index contributed by atoms with van der Waals surface area (Å²) in [5, 5.41) is 11.3. The number of likely N-dealkylation sites (tertiary alicyclic amines) is 1. The van der Waals surface area contributed by atoms with Gasteiger partial charge in [0.15, 0.2) is 0 Å². The first-order valence-corrected chi connectivity index (χ1v) is 6.89. The van der Waals surface area contributed by atoms with E-state index in [-0.39, 0.29) is 11.8 Å². The number of hydrogen-bond acceptors (Lipinski definition) is 3. The van der Waals surface area contributed by atoms with Crippen LogP contribution in [0.4, 0.5) is 0 Å². The van der Waals surface area contributed by atoms with Crippen molar-refractivity contribution in [2.75, 3.05) is 13.1 Å². The van der Waals surface area contributed by atoms with Crippen molar-refractivity contribution in [2.45, 2.75) is 26.8 Å². The predicted octanol–water partition coefficient (Wildman–Crippen LogP) is 2.77. The third-order valence-corrected chi connectivity index (χ3v) is 4.98. The molecule has 1 fully saturated rings. The molecule has 1 aromatic heterocycles. The highest BCUT2D eigenvalue weighted by Crippen LogP contribution is 2.34. The van der Waals surface area contributed by atoms with Crippen molar-refractivity contribution >= 4 is 17.3 Å². The second-order valence-corrected chi connectivity index (χ2v) is 5.97. The van der Waals surface area contributed by atoms with E-state index >= 15 is 0 Å². The zero-order valence-corrected chi connectivity index (χ0v) is 11.3. The molecule has 0 aromatic carbocycles. The molecular weight excluding hydrogens is 234 g/mol. The van der Waals surface area contributed by atoms with Crippen molar-refractivity contribution in [2.24, 2.45) is 11.8 Å². The van der Waals surface area contributed by atoms with E-state index < -0.39 is 5.97 Å². The molecule has 3 nitrogen and oxygen atoms in total. The van der Waals surface area contributed by atoms with Crippen LogP contribution in [-0.4, -0.2) is 29.1 Å². The maximum Gasteiger partial charge on any atom is 0.308 e. The van der Waals surface area contributed by atoms with Gasteiger partial charge < -0.3 is 5.11 Å². The van der Waals surface area contributed by atoms with Crippen molar-refractivity contribution in [3.05, 3.63) is 21.9 Å². The van der Waals surface area contributed by atoms with E-state index in [2.05, 4.69) is 30.2 Å². The van der Waals surface area contributed by atoms with Gasteiger partial charge in [0.05, 0.1) is 5.92 Å². The lowest BCUT2D eigenvalue weighted by Crippen LogP contribution is -2.26. The summed E-state index contributed by atoms with van der Waals surface area (Å²) in [6.45, 7) is 7.89. The summed E-state index contributed by atoms with van der Waals surface area (Å²) in [6.07, 6.45) is 0. The van der Waals surface area contributed by atoms with E-state index in [9.17, 15) is 4.79 Å². The van der Waals surface area contributed by atoms with Crippen LogP contribution in [0.2, 0.25) is 0 Å². The number of carboxylic acid groups (broad SMARTS) is 1. The molecule has 17 heavy (non-hydrogen) atoms. The lowest BCUT2D eigenvalue weighted by molar-refractivity contribution is -0.142. The second-order valence-electron chi connectivity index (χ2n) is 5.02.